The molecule has 0 radical (unpaired) electrons. The van der Waals surface area contributed by atoms with Gasteiger partial charge in [0.05, 0.1) is 19.4 Å². The van der Waals surface area contributed by atoms with Crippen LogP contribution in [0.25, 0.3) is 0 Å². The van der Waals surface area contributed by atoms with E-state index in [2.05, 4.69) is 16.0 Å². The fraction of sp³-hybridized carbons (Fsp3) is 0.250. The van der Waals surface area contributed by atoms with E-state index < -0.39 is 6.03 Å². The maximum absolute atomic E-state index is 11.7. The van der Waals surface area contributed by atoms with Crippen LogP contribution in [0.5, 0.6) is 0 Å². The van der Waals surface area contributed by atoms with Crippen molar-refractivity contribution < 1.29 is 14.0 Å². The normalized spacial score (nSPS) is 11.7. The highest BCUT2D eigenvalue weighted by Crippen LogP contribution is 2.10. The Morgan fingerprint density at radius 2 is 1.91 bits per heavy atom. The van der Waals surface area contributed by atoms with Gasteiger partial charge in [-0.3, -0.25) is 10.1 Å². The van der Waals surface area contributed by atoms with Gasteiger partial charge in [0.2, 0.25) is 5.91 Å². The average Bonchev–Trinajstić information content (AvgIpc) is 3.05. The predicted molar refractivity (Wildman–Crippen MR) is 81.9 cm³/mol. The molecule has 1 atom stereocenters. The van der Waals surface area contributed by atoms with Crippen LogP contribution >= 0.6 is 0 Å². The lowest BCUT2D eigenvalue weighted by atomic mass is 10.1. The first-order valence-electron chi connectivity index (χ1n) is 7.03. The van der Waals surface area contributed by atoms with Crippen LogP contribution in [0.3, 0.4) is 0 Å². The molecule has 0 spiro atoms. The third-order valence-corrected chi connectivity index (χ3v) is 3.12. The number of nitrogens with one attached hydrogen (secondary N) is 3. The highest BCUT2D eigenvalue weighted by Gasteiger charge is 2.10. The van der Waals surface area contributed by atoms with E-state index in [0.717, 1.165) is 5.56 Å². The highest BCUT2D eigenvalue weighted by molar-refractivity contribution is 5.95. The maximum Gasteiger partial charge on any atom is 0.321 e. The first-order chi connectivity index (χ1) is 10.6. The molecule has 0 aliphatic heterocycles. The van der Waals surface area contributed by atoms with E-state index in [9.17, 15) is 9.59 Å². The first-order valence-corrected chi connectivity index (χ1v) is 7.03. The lowest BCUT2D eigenvalue weighted by molar-refractivity contribution is -0.119. The second-order valence-corrected chi connectivity index (χ2v) is 4.82. The van der Waals surface area contributed by atoms with Crippen molar-refractivity contribution in [2.24, 2.45) is 0 Å². The molecule has 1 heterocycles. The Morgan fingerprint density at radius 1 is 1.14 bits per heavy atom. The van der Waals surface area contributed by atoms with Crippen LogP contribution < -0.4 is 16.0 Å². The Balaban J connectivity index is 1.68. The van der Waals surface area contributed by atoms with Crippen LogP contribution in [-0.4, -0.2) is 18.5 Å². The zero-order chi connectivity index (χ0) is 15.8. The third-order valence-electron chi connectivity index (χ3n) is 3.12. The molecule has 0 saturated carbocycles. The largest absolute Gasteiger partial charge is 0.467 e. The van der Waals surface area contributed by atoms with E-state index in [0.29, 0.717) is 5.76 Å². The Labute approximate surface area is 128 Å². The fourth-order valence-corrected chi connectivity index (χ4v) is 1.90. The summed E-state index contributed by atoms with van der Waals surface area (Å²) < 4.78 is 5.08. The summed E-state index contributed by atoms with van der Waals surface area (Å²) in [7, 11) is 0. The van der Waals surface area contributed by atoms with Gasteiger partial charge >= 0.3 is 6.03 Å². The second-order valence-electron chi connectivity index (χ2n) is 4.82. The molecule has 6 nitrogen and oxygen atoms in total. The molecule has 0 unspecified atom stereocenters. The van der Waals surface area contributed by atoms with Crippen molar-refractivity contribution in [3.05, 3.63) is 60.1 Å². The number of benzene rings is 1. The van der Waals surface area contributed by atoms with Crippen LogP contribution in [0.1, 0.15) is 24.3 Å². The summed E-state index contributed by atoms with van der Waals surface area (Å²) in [5.41, 5.74) is 1.08. The number of amides is 3. The van der Waals surface area contributed by atoms with Gasteiger partial charge in [-0.15, -0.1) is 0 Å². The number of carbonyl (C=O) groups is 2. The number of imide groups is 1. The molecule has 1 aromatic heterocycles. The highest BCUT2D eigenvalue weighted by atomic mass is 16.3. The van der Waals surface area contributed by atoms with Crippen molar-refractivity contribution in [3.8, 4) is 0 Å². The molecule has 0 saturated heterocycles. The summed E-state index contributed by atoms with van der Waals surface area (Å²) in [6, 6.07) is 12.7. The van der Waals surface area contributed by atoms with E-state index in [4.69, 9.17) is 4.42 Å². The number of carbonyl (C=O) groups excluding carboxylic acids is 2. The molecule has 0 aliphatic rings. The quantitative estimate of drug-likeness (QED) is 0.761. The minimum absolute atomic E-state index is 0.0260. The Bertz CT molecular complexity index is 596. The average molecular weight is 301 g/mol. The number of furan rings is 1. The summed E-state index contributed by atoms with van der Waals surface area (Å²) in [5, 5.41) is 7.86. The molecule has 0 aliphatic carbocycles. The SMILES string of the molecule is C[C@@H](NCC(=O)NC(=O)NCc1ccco1)c1ccccc1. The molecular weight excluding hydrogens is 282 g/mol. The van der Waals surface area contributed by atoms with Crippen molar-refractivity contribution in [1.29, 1.82) is 0 Å². The van der Waals surface area contributed by atoms with Gasteiger partial charge in [-0.1, -0.05) is 30.3 Å². The van der Waals surface area contributed by atoms with Gasteiger partial charge in [-0.25, -0.2) is 4.79 Å². The molecule has 3 amide bonds. The van der Waals surface area contributed by atoms with Gasteiger partial charge < -0.3 is 15.1 Å². The van der Waals surface area contributed by atoms with Crippen molar-refractivity contribution in [2.45, 2.75) is 19.5 Å². The zero-order valence-electron chi connectivity index (χ0n) is 12.3. The number of urea groups is 1. The minimum atomic E-state index is -0.546. The lowest BCUT2D eigenvalue weighted by Crippen LogP contribution is -2.43. The number of hydrogen-bond donors (Lipinski definition) is 3. The van der Waals surface area contributed by atoms with E-state index in [-0.39, 0.29) is 25.0 Å². The van der Waals surface area contributed by atoms with Crippen molar-refractivity contribution in [3.63, 3.8) is 0 Å². The number of hydrogen-bond acceptors (Lipinski definition) is 4. The molecule has 22 heavy (non-hydrogen) atoms. The smallest absolute Gasteiger partial charge is 0.321 e. The standard InChI is InChI=1S/C16H19N3O3/c1-12(13-6-3-2-4-7-13)17-11-15(20)19-16(21)18-10-14-8-5-9-22-14/h2-9,12,17H,10-11H2,1H3,(H2,18,19,20,21)/t12-/m1/s1. The third kappa shape index (κ3) is 5.06. The minimum Gasteiger partial charge on any atom is -0.467 e. The van der Waals surface area contributed by atoms with E-state index in [1.54, 1.807) is 12.1 Å². The number of rotatable bonds is 6. The molecule has 116 valence electrons. The zero-order valence-corrected chi connectivity index (χ0v) is 12.3. The van der Waals surface area contributed by atoms with Crippen LogP contribution in [0.2, 0.25) is 0 Å². The van der Waals surface area contributed by atoms with Gasteiger partial charge in [0.1, 0.15) is 5.76 Å². The molecule has 1 aromatic carbocycles. The summed E-state index contributed by atoms with van der Waals surface area (Å²) >= 11 is 0. The first kappa shape index (κ1) is 15.8. The van der Waals surface area contributed by atoms with Crippen molar-refractivity contribution in [2.75, 3.05) is 6.54 Å². The lowest BCUT2D eigenvalue weighted by Gasteiger charge is -2.13. The van der Waals surface area contributed by atoms with Crippen molar-refractivity contribution >= 4 is 11.9 Å². The molecule has 6 heteroatoms. The van der Waals surface area contributed by atoms with Crippen LogP contribution in [-0.2, 0) is 11.3 Å². The fourth-order valence-electron chi connectivity index (χ4n) is 1.90. The molecule has 2 aromatic rings. The molecular formula is C16H19N3O3. The van der Waals surface area contributed by atoms with Crippen LogP contribution in [0.4, 0.5) is 4.79 Å². The van der Waals surface area contributed by atoms with Gasteiger partial charge in [-0.05, 0) is 24.6 Å². The Kier molecular flexibility index (Phi) is 5.73. The topological polar surface area (TPSA) is 83.4 Å². The van der Waals surface area contributed by atoms with E-state index in [1.807, 2.05) is 37.3 Å². The molecule has 0 bridgehead atoms. The summed E-state index contributed by atoms with van der Waals surface area (Å²) in [6.45, 7) is 2.25. The molecule has 3 N–H and O–H groups in total. The van der Waals surface area contributed by atoms with Gasteiger partial charge in [0, 0.05) is 6.04 Å². The van der Waals surface area contributed by atoms with E-state index in [1.165, 1.54) is 6.26 Å². The Hall–Kier alpha value is -2.60. The summed E-state index contributed by atoms with van der Waals surface area (Å²) in [4.78, 5) is 23.2. The van der Waals surface area contributed by atoms with E-state index >= 15 is 0 Å². The predicted octanol–water partition coefficient (Wildman–Crippen LogP) is 1.96. The van der Waals surface area contributed by atoms with Gasteiger partial charge in [0.25, 0.3) is 0 Å². The van der Waals surface area contributed by atoms with Gasteiger partial charge in [0.15, 0.2) is 0 Å². The summed E-state index contributed by atoms with van der Waals surface area (Å²) in [5.74, 6) is 0.234. The summed E-state index contributed by atoms with van der Waals surface area (Å²) in [6.07, 6.45) is 1.52. The Morgan fingerprint density at radius 3 is 2.59 bits per heavy atom. The second kappa shape index (κ2) is 7.99. The van der Waals surface area contributed by atoms with Crippen LogP contribution in [0.15, 0.2) is 53.1 Å². The maximum atomic E-state index is 11.7. The molecule has 2 rings (SSSR count). The molecule has 0 fully saturated rings. The van der Waals surface area contributed by atoms with Crippen molar-refractivity contribution in [1.82, 2.24) is 16.0 Å². The monoisotopic (exact) mass is 301 g/mol. The van der Waals surface area contributed by atoms with Crippen LogP contribution in [0, 0.1) is 0 Å². The van der Waals surface area contributed by atoms with Gasteiger partial charge in [-0.2, -0.15) is 0 Å².